The van der Waals surface area contributed by atoms with Gasteiger partial charge in [0.2, 0.25) is 0 Å². The minimum atomic E-state index is -0.391. The molecule has 2 aromatic carbocycles. The number of Topliss-reactive ketones (excluding diaryl/α,β-unsaturated/α-hetero) is 1. The van der Waals surface area contributed by atoms with E-state index in [0.717, 1.165) is 11.1 Å². The third-order valence-electron chi connectivity index (χ3n) is 3.61. The van der Waals surface area contributed by atoms with Crippen molar-refractivity contribution in [3.8, 4) is 11.4 Å². The minimum absolute atomic E-state index is 0.133. The molecule has 114 valence electrons. The Balaban J connectivity index is 2.13. The number of hydrogen-bond acceptors (Lipinski definition) is 3. The molecular weight excluding hydrogens is 288 g/mol. The molecule has 1 heterocycles. The zero-order chi connectivity index (χ0) is 16.2. The molecule has 0 aliphatic carbocycles. The monoisotopic (exact) mass is 304 g/mol. The first kappa shape index (κ1) is 14.9. The highest BCUT2D eigenvalue weighted by Gasteiger charge is 2.16. The lowest BCUT2D eigenvalue weighted by Crippen LogP contribution is -2.22. The van der Waals surface area contributed by atoms with Crippen LogP contribution in [-0.2, 0) is 6.42 Å². The van der Waals surface area contributed by atoms with Gasteiger partial charge in [0, 0.05) is 12.0 Å². The highest BCUT2D eigenvalue weighted by molar-refractivity contribution is 5.95. The van der Waals surface area contributed by atoms with E-state index in [-0.39, 0.29) is 11.3 Å². The molecule has 1 N–H and O–H groups in total. The van der Waals surface area contributed by atoms with Crippen molar-refractivity contribution in [2.75, 3.05) is 0 Å². The fourth-order valence-electron chi connectivity index (χ4n) is 2.53. The number of rotatable bonds is 4. The summed E-state index contributed by atoms with van der Waals surface area (Å²) in [7, 11) is 0. The Kier molecular flexibility index (Phi) is 4.15. The number of aromatic nitrogens is 2. The van der Waals surface area contributed by atoms with E-state index < -0.39 is 5.56 Å². The van der Waals surface area contributed by atoms with E-state index in [1.165, 1.54) is 6.92 Å². The van der Waals surface area contributed by atoms with E-state index in [4.69, 9.17) is 0 Å². The summed E-state index contributed by atoms with van der Waals surface area (Å²) in [6, 6.07) is 19.1. The molecule has 3 aromatic rings. The van der Waals surface area contributed by atoms with Gasteiger partial charge in [0.1, 0.15) is 11.4 Å². The Hall–Kier alpha value is -3.01. The Morgan fingerprint density at radius 1 is 1.00 bits per heavy atom. The smallest absolute Gasteiger partial charge is 0.262 e. The molecule has 0 spiro atoms. The van der Waals surface area contributed by atoms with E-state index in [1.54, 1.807) is 0 Å². The average Bonchev–Trinajstić information content (AvgIpc) is 2.56. The summed E-state index contributed by atoms with van der Waals surface area (Å²) in [5.41, 5.74) is 2.07. The van der Waals surface area contributed by atoms with Crippen LogP contribution >= 0.6 is 0 Å². The molecule has 1 aromatic heterocycles. The summed E-state index contributed by atoms with van der Waals surface area (Å²) in [4.78, 5) is 31.5. The van der Waals surface area contributed by atoms with Gasteiger partial charge < -0.3 is 4.98 Å². The number of carbonyl (C=O) groups excluding carboxylic acids is 1. The molecule has 3 rings (SSSR count). The molecule has 0 unspecified atom stereocenters. The van der Waals surface area contributed by atoms with Gasteiger partial charge in [-0.25, -0.2) is 4.98 Å². The fraction of sp³-hybridized carbons (Fsp3) is 0.105. The summed E-state index contributed by atoms with van der Waals surface area (Å²) in [6.07, 6.45) is 0.444. The molecule has 0 atom stereocenters. The van der Waals surface area contributed by atoms with E-state index in [2.05, 4.69) is 9.97 Å². The van der Waals surface area contributed by atoms with Crippen LogP contribution in [0.5, 0.6) is 0 Å². The quantitative estimate of drug-likeness (QED) is 0.753. The molecule has 0 saturated heterocycles. The summed E-state index contributed by atoms with van der Waals surface area (Å²) < 4.78 is 0. The zero-order valence-corrected chi connectivity index (χ0v) is 12.7. The van der Waals surface area contributed by atoms with Crippen LogP contribution < -0.4 is 5.56 Å². The molecule has 0 aliphatic heterocycles. The summed E-state index contributed by atoms with van der Waals surface area (Å²) in [6.45, 7) is 1.39. The van der Waals surface area contributed by atoms with Crippen LogP contribution in [-0.4, -0.2) is 15.8 Å². The lowest BCUT2D eigenvalue weighted by atomic mass is 10.0. The van der Waals surface area contributed by atoms with Gasteiger partial charge in [0.25, 0.3) is 5.56 Å². The van der Waals surface area contributed by atoms with E-state index in [1.807, 2.05) is 60.7 Å². The van der Waals surface area contributed by atoms with Crippen molar-refractivity contribution < 1.29 is 4.79 Å². The van der Waals surface area contributed by atoms with E-state index in [9.17, 15) is 9.59 Å². The van der Waals surface area contributed by atoms with Gasteiger partial charge in [-0.05, 0) is 12.5 Å². The molecule has 0 bridgehead atoms. The fourth-order valence-corrected chi connectivity index (χ4v) is 2.53. The maximum atomic E-state index is 12.3. The topological polar surface area (TPSA) is 62.8 Å². The number of hydrogen-bond donors (Lipinski definition) is 1. The lowest BCUT2D eigenvalue weighted by molar-refractivity contribution is 0.101. The number of aromatic amines is 1. The normalized spacial score (nSPS) is 10.5. The Morgan fingerprint density at radius 3 is 2.22 bits per heavy atom. The second kappa shape index (κ2) is 6.40. The third-order valence-corrected chi connectivity index (χ3v) is 3.61. The summed E-state index contributed by atoms with van der Waals surface area (Å²) in [5, 5.41) is 0. The molecule has 23 heavy (non-hydrogen) atoms. The van der Waals surface area contributed by atoms with Gasteiger partial charge in [-0.3, -0.25) is 9.59 Å². The first-order chi connectivity index (χ1) is 11.1. The van der Waals surface area contributed by atoms with Crippen molar-refractivity contribution in [1.82, 2.24) is 9.97 Å². The van der Waals surface area contributed by atoms with Crippen LogP contribution in [0.3, 0.4) is 0 Å². The van der Waals surface area contributed by atoms with Crippen molar-refractivity contribution in [2.45, 2.75) is 13.3 Å². The van der Waals surface area contributed by atoms with Gasteiger partial charge in [-0.2, -0.15) is 0 Å². The van der Waals surface area contributed by atoms with Crippen LogP contribution in [0.1, 0.15) is 28.5 Å². The molecule has 4 nitrogen and oxygen atoms in total. The first-order valence-corrected chi connectivity index (χ1v) is 7.38. The first-order valence-electron chi connectivity index (χ1n) is 7.38. The highest BCUT2D eigenvalue weighted by Crippen LogP contribution is 2.16. The predicted molar refractivity (Wildman–Crippen MR) is 89.5 cm³/mol. The van der Waals surface area contributed by atoms with Gasteiger partial charge in [0.05, 0.1) is 5.69 Å². The summed E-state index contributed by atoms with van der Waals surface area (Å²) >= 11 is 0. The molecule has 4 heteroatoms. The van der Waals surface area contributed by atoms with Crippen LogP contribution in [0.4, 0.5) is 0 Å². The standard InChI is InChI=1S/C19H16N2O2/c1-13(22)17-16(12-14-8-4-2-5-9-14)20-18(21-19(17)23)15-10-6-3-7-11-15/h2-11H,12H2,1H3,(H,20,21,23). The van der Waals surface area contributed by atoms with Gasteiger partial charge in [-0.1, -0.05) is 60.7 Å². The van der Waals surface area contributed by atoms with Crippen molar-refractivity contribution in [3.63, 3.8) is 0 Å². The maximum Gasteiger partial charge on any atom is 0.262 e. The second-order valence-corrected chi connectivity index (χ2v) is 5.32. The highest BCUT2D eigenvalue weighted by atomic mass is 16.1. The predicted octanol–water partition coefficient (Wildman–Crippen LogP) is 3.23. The van der Waals surface area contributed by atoms with Gasteiger partial charge in [-0.15, -0.1) is 0 Å². The number of nitrogens with zero attached hydrogens (tertiary/aromatic N) is 1. The lowest BCUT2D eigenvalue weighted by Gasteiger charge is -2.09. The second-order valence-electron chi connectivity index (χ2n) is 5.32. The zero-order valence-electron chi connectivity index (χ0n) is 12.7. The molecule has 0 amide bonds. The van der Waals surface area contributed by atoms with Gasteiger partial charge >= 0.3 is 0 Å². The Morgan fingerprint density at radius 2 is 1.61 bits per heavy atom. The number of nitrogens with one attached hydrogen (secondary N) is 1. The Bertz CT molecular complexity index is 884. The van der Waals surface area contributed by atoms with Crippen molar-refractivity contribution >= 4 is 5.78 Å². The molecule has 0 fully saturated rings. The minimum Gasteiger partial charge on any atom is -0.306 e. The van der Waals surface area contributed by atoms with E-state index in [0.29, 0.717) is 17.9 Å². The number of H-pyrrole nitrogens is 1. The number of benzene rings is 2. The Labute approximate surface area is 133 Å². The number of ketones is 1. The van der Waals surface area contributed by atoms with Crippen molar-refractivity contribution in [2.24, 2.45) is 0 Å². The maximum absolute atomic E-state index is 12.3. The van der Waals surface area contributed by atoms with Crippen LogP contribution in [0.25, 0.3) is 11.4 Å². The van der Waals surface area contributed by atoms with E-state index >= 15 is 0 Å². The van der Waals surface area contributed by atoms with Crippen molar-refractivity contribution in [3.05, 3.63) is 87.8 Å². The summed E-state index contributed by atoms with van der Waals surface area (Å²) in [5.74, 6) is 0.204. The number of carbonyl (C=O) groups is 1. The largest absolute Gasteiger partial charge is 0.306 e. The average molecular weight is 304 g/mol. The van der Waals surface area contributed by atoms with Crippen molar-refractivity contribution in [1.29, 1.82) is 0 Å². The third kappa shape index (κ3) is 3.26. The van der Waals surface area contributed by atoms with Crippen LogP contribution in [0, 0.1) is 0 Å². The van der Waals surface area contributed by atoms with Gasteiger partial charge in [0.15, 0.2) is 5.78 Å². The molecule has 0 radical (unpaired) electrons. The van der Waals surface area contributed by atoms with Crippen LogP contribution in [0.2, 0.25) is 0 Å². The molecular formula is C19H16N2O2. The molecule has 0 saturated carbocycles. The SMILES string of the molecule is CC(=O)c1c(Cc2ccccc2)nc(-c2ccccc2)[nH]c1=O. The van der Waals surface area contributed by atoms with Crippen LogP contribution in [0.15, 0.2) is 65.5 Å². The molecule has 0 aliphatic rings.